The first-order valence-corrected chi connectivity index (χ1v) is 13.3. The van der Waals surface area contributed by atoms with Crippen LogP contribution in [0, 0.1) is 6.92 Å². The zero-order chi connectivity index (χ0) is 25.2. The van der Waals surface area contributed by atoms with Crippen molar-refractivity contribution in [2.45, 2.75) is 13.3 Å². The second kappa shape index (κ2) is 8.13. The maximum Gasteiger partial charge on any atom is 0.0790 e. The smallest absolute Gasteiger partial charge is 0.0790 e. The lowest BCUT2D eigenvalue weighted by molar-refractivity contribution is 1.26. The number of nitrogens with zero attached hydrogens (tertiary/aromatic N) is 1. The first kappa shape index (κ1) is 21.3. The van der Waals surface area contributed by atoms with E-state index in [9.17, 15) is 0 Å². The summed E-state index contributed by atoms with van der Waals surface area (Å²) in [5, 5.41) is 4.86. The molecule has 0 atom stereocenters. The van der Waals surface area contributed by atoms with Gasteiger partial charge in [-0.3, -0.25) is 0 Å². The van der Waals surface area contributed by atoms with E-state index in [-0.39, 0.29) is 0 Å². The summed E-state index contributed by atoms with van der Waals surface area (Å²) < 4.78 is 0. The lowest BCUT2D eigenvalue weighted by Gasteiger charge is -2.12. The summed E-state index contributed by atoms with van der Waals surface area (Å²) in [6.07, 6.45) is 1.01. The van der Waals surface area contributed by atoms with Crippen LogP contribution in [0.1, 0.15) is 16.7 Å². The summed E-state index contributed by atoms with van der Waals surface area (Å²) >= 11 is 0. The van der Waals surface area contributed by atoms with E-state index in [2.05, 4.69) is 128 Å². The van der Waals surface area contributed by atoms with Crippen molar-refractivity contribution >= 4 is 32.6 Å². The van der Waals surface area contributed by atoms with Gasteiger partial charge < -0.3 is 0 Å². The number of fused-ring (bicyclic) bond motifs is 7. The monoisotopic (exact) mass is 483 g/mol. The normalized spacial score (nSPS) is 12.2. The molecule has 0 amide bonds. The Morgan fingerprint density at radius 1 is 0.500 bits per heavy atom. The van der Waals surface area contributed by atoms with Crippen molar-refractivity contribution < 1.29 is 0 Å². The first-order chi connectivity index (χ1) is 18.7. The molecule has 1 aromatic heterocycles. The minimum Gasteiger partial charge on any atom is -0.247 e. The number of aryl methyl sites for hydroxylation is 1. The third kappa shape index (κ3) is 3.22. The highest BCUT2D eigenvalue weighted by Crippen LogP contribution is 2.39. The summed E-state index contributed by atoms with van der Waals surface area (Å²) in [5.41, 5.74) is 13.9. The van der Waals surface area contributed by atoms with Gasteiger partial charge >= 0.3 is 0 Å². The van der Waals surface area contributed by atoms with Gasteiger partial charge in [0.05, 0.1) is 11.0 Å². The molecule has 0 fully saturated rings. The molecule has 1 aliphatic rings. The Balaban J connectivity index is 1.30. The fourth-order valence-corrected chi connectivity index (χ4v) is 6.25. The molecule has 1 heterocycles. The molecule has 0 aliphatic heterocycles. The molecule has 7 aromatic rings. The second-order valence-corrected chi connectivity index (χ2v) is 10.4. The van der Waals surface area contributed by atoms with Gasteiger partial charge in [-0.05, 0) is 80.9 Å². The van der Waals surface area contributed by atoms with Gasteiger partial charge in [-0.15, -0.1) is 0 Å². The van der Waals surface area contributed by atoms with E-state index in [4.69, 9.17) is 4.98 Å². The van der Waals surface area contributed by atoms with Gasteiger partial charge in [-0.25, -0.2) is 4.98 Å². The van der Waals surface area contributed by atoms with Gasteiger partial charge in [0, 0.05) is 16.2 Å². The second-order valence-electron chi connectivity index (χ2n) is 10.4. The van der Waals surface area contributed by atoms with Crippen LogP contribution in [0.15, 0.2) is 121 Å². The molecule has 1 aliphatic carbocycles. The van der Waals surface area contributed by atoms with Crippen molar-refractivity contribution in [1.82, 2.24) is 4.98 Å². The first-order valence-electron chi connectivity index (χ1n) is 13.3. The molecule has 1 heteroatoms. The Kier molecular flexibility index (Phi) is 4.57. The van der Waals surface area contributed by atoms with Gasteiger partial charge in [-0.1, -0.05) is 109 Å². The van der Waals surface area contributed by atoms with Gasteiger partial charge in [0.25, 0.3) is 0 Å². The fourth-order valence-electron chi connectivity index (χ4n) is 6.25. The van der Waals surface area contributed by atoms with Crippen molar-refractivity contribution in [3.63, 3.8) is 0 Å². The molecular weight excluding hydrogens is 458 g/mol. The molecular formula is C37H25N. The van der Waals surface area contributed by atoms with Crippen molar-refractivity contribution in [3.8, 4) is 33.4 Å². The van der Waals surface area contributed by atoms with Crippen LogP contribution in [0.25, 0.3) is 66.0 Å². The average Bonchev–Trinajstić information content (AvgIpc) is 3.35. The predicted molar refractivity (Wildman–Crippen MR) is 161 cm³/mol. The van der Waals surface area contributed by atoms with E-state index < -0.39 is 0 Å². The third-order valence-electron chi connectivity index (χ3n) is 8.27. The lowest BCUT2D eigenvalue weighted by Crippen LogP contribution is -1.91. The molecule has 0 unspecified atom stereocenters. The van der Waals surface area contributed by atoms with Crippen LogP contribution in [0.5, 0.6) is 0 Å². The quantitative estimate of drug-likeness (QED) is 0.176. The molecule has 0 radical (unpaired) electrons. The van der Waals surface area contributed by atoms with E-state index in [1.54, 1.807) is 0 Å². The summed E-state index contributed by atoms with van der Waals surface area (Å²) in [6.45, 7) is 2.22. The van der Waals surface area contributed by atoms with Crippen molar-refractivity contribution in [2.75, 3.05) is 0 Å². The zero-order valence-electron chi connectivity index (χ0n) is 21.2. The largest absolute Gasteiger partial charge is 0.247 e. The van der Waals surface area contributed by atoms with Gasteiger partial charge in [0.15, 0.2) is 0 Å². The fraction of sp³-hybridized carbons (Fsp3) is 0.0541. The summed E-state index contributed by atoms with van der Waals surface area (Å²) in [6, 6.07) is 44.2. The Bertz CT molecular complexity index is 2050. The minimum atomic E-state index is 1.01. The molecule has 0 saturated carbocycles. The van der Waals surface area contributed by atoms with Gasteiger partial charge in [0.1, 0.15) is 0 Å². The minimum absolute atomic E-state index is 1.01. The number of aromatic nitrogens is 1. The Labute approximate surface area is 222 Å². The predicted octanol–water partition coefficient (Wildman–Crippen LogP) is 9.75. The Morgan fingerprint density at radius 3 is 2.11 bits per heavy atom. The SMILES string of the molecule is Cc1c2ccc(-c3ccccc3)cc2nc2c1ccc1ccc(-c3ccc4c(c3)Cc3ccccc3-4)cc12. The standard InChI is InChI=1S/C37H25N/c1-23-31-16-14-28(24-7-3-2-4-8-24)22-36(31)38-37-32(23)17-13-25-11-12-27(21-35(25)37)26-15-18-34-30(19-26)20-29-9-5-6-10-33(29)34/h2-19,21-22H,20H2,1H3. The molecule has 38 heavy (non-hydrogen) atoms. The molecule has 0 saturated heterocycles. The van der Waals surface area contributed by atoms with Crippen LogP contribution >= 0.6 is 0 Å². The highest BCUT2D eigenvalue weighted by Gasteiger charge is 2.18. The molecule has 6 aromatic carbocycles. The zero-order valence-corrected chi connectivity index (χ0v) is 21.2. The molecule has 178 valence electrons. The Morgan fingerprint density at radius 2 is 1.18 bits per heavy atom. The van der Waals surface area contributed by atoms with Gasteiger partial charge in [-0.2, -0.15) is 0 Å². The van der Waals surface area contributed by atoms with Crippen molar-refractivity contribution in [2.24, 2.45) is 0 Å². The van der Waals surface area contributed by atoms with E-state index >= 15 is 0 Å². The molecule has 1 nitrogen and oxygen atoms in total. The van der Waals surface area contributed by atoms with Crippen LogP contribution in [-0.4, -0.2) is 4.98 Å². The highest BCUT2D eigenvalue weighted by molar-refractivity contribution is 6.11. The third-order valence-corrected chi connectivity index (χ3v) is 8.27. The van der Waals surface area contributed by atoms with Crippen molar-refractivity contribution in [1.29, 1.82) is 0 Å². The van der Waals surface area contributed by atoms with Crippen LogP contribution in [0.2, 0.25) is 0 Å². The van der Waals surface area contributed by atoms with E-state index in [1.165, 1.54) is 71.6 Å². The number of benzene rings is 6. The van der Waals surface area contributed by atoms with E-state index in [0.29, 0.717) is 0 Å². The molecule has 0 N–H and O–H groups in total. The summed E-state index contributed by atoms with van der Waals surface area (Å²) in [7, 11) is 0. The number of rotatable bonds is 2. The molecule has 0 bridgehead atoms. The topological polar surface area (TPSA) is 12.9 Å². The number of hydrogen-bond acceptors (Lipinski definition) is 1. The maximum absolute atomic E-state index is 5.27. The van der Waals surface area contributed by atoms with Crippen LogP contribution in [0.3, 0.4) is 0 Å². The summed E-state index contributed by atoms with van der Waals surface area (Å²) in [4.78, 5) is 5.27. The average molecular weight is 484 g/mol. The summed E-state index contributed by atoms with van der Waals surface area (Å²) in [5.74, 6) is 0. The van der Waals surface area contributed by atoms with Crippen molar-refractivity contribution in [3.05, 3.63) is 138 Å². The van der Waals surface area contributed by atoms with Crippen LogP contribution in [0.4, 0.5) is 0 Å². The molecule has 8 rings (SSSR count). The van der Waals surface area contributed by atoms with E-state index in [0.717, 1.165) is 17.5 Å². The number of pyridine rings is 1. The maximum atomic E-state index is 5.27. The van der Waals surface area contributed by atoms with Gasteiger partial charge in [0.2, 0.25) is 0 Å². The molecule has 0 spiro atoms. The number of hydrogen-bond donors (Lipinski definition) is 0. The van der Waals surface area contributed by atoms with Crippen LogP contribution in [-0.2, 0) is 6.42 Å². The van der Waals surface area contributed by atoms with E-state index in [1.807, 2.05) is 0 Å². The highest BCUT2D eigenvalue weighted by atomic mass is 14.7. The lowest BCUT2D eigenvalue weighted by atomic mass is 9.94. The Hall–Kier alpha value is -4.75. The van der Waals surface area contributed by atoms with Crippen LogP contribution < -0.4 is 0 Å².